The van der Waals surface area contributed by atoms with Crippen LogP contribution in [0, 0.1) is 0 Å². The maximum absolute atomic E-state index is 12.2. The Morgan fingerprint density at radius 2 is 2.09 bits per heavy atom. The molecule has 1 amide bonds. The molecule has 3 rings (SSSR count). The minimum atomic E-state index is -0.0828. The molecule has 116 valence electrons. The minimum Gasteiger partial charge on any atom is -0.351 e. The van der Waals surface area contributed by atoms with E-state index in [1.54, 1.807) is 34.9 Å². The second-order valence-electron chi connectivity index (χ2n) is 4.77. The van der Waals surface area contributed by atoms with Gasteiger partial charge in [-0.3, -0.25) is 4.79 Å². The summed E-state index contributed by atoms with van der Waals surface area (Å²) >= 11 is 1.62. The number of nitrogens with zero attached hydrogens (tertiary/aromatic N) is 3. The van der Waals surface area contributed by atoms with Gasteiger partial charge in [-0.25, -0.2) is 9.67 Å². The number of rotatable bonds is 6. The number of carbonyl (C=O) groups is 1. The first-order valence-corrected chi connectivity index (χ1v) is 8.23. The van der Waals surface area contributed by atoms with E-state index < -0.39 is 0 Å². The van der Waals surface area contributed by atoms with Crippen LogP contribution in [0.25, 0.3) is 5.69 Å². The predicted octanol–water partition coefficient (Wildman–Crippen LogP) is 2.79. The van der Waals surface area contributed by atoms with Crippen LogP contribution in [0.3, 0.4) is 0 Å². The first-order chi connectivity index (χ1) is 11.3. The number of amides is 1. The molecule has 0 unspecified atom stereocenters. The summed E-state index contributed by atoms with van der Waals surface area (Å²) in [6, 6.07) is 15.0. The lowest BCUT2D eigenvalue weighted by atomic mass is 10.2. The molecular weight excluding hydrogens is 308 g/mol. The number of benzene rings is 1. The summed E-state index contributed by atoms with van der Waals surface area (Å²) in [5.41, 5.74) is 1.49. The Morgan fingerprint density at radius 3 is 2.87 bits per heavy atom. The Balaban J connectivity index is 1.53. The second-order valence-corrected chi connectivity index (χ2v) is 5.89. The van der Waals surface area contributed by atoms with E-state index in [1.807, 2.05) is 48.7 Å². The van der Waals surface area contributed by atoms with E-state index in [2.05, 4.69) is 15.4 Å². The van der Waals surface area contributed by atoms with Gasteiger partial charge in [-0.1, -0.05) is 12.1 Å². The highest BCUT2D eigenvalue weighted by molar-refractivity contribution is 7.99. The molecule has 1 N–H and O–H groups in total. The molecular formula is C17H16N4OS. The molecule has 2 aromatic heterocycles. The molecule has 0 aliphatic carbocycles. The fourth-order valence-electron chi connectivity index (χ4n) is 2.07. The quantitative estimate of drug-likeness (QED) is 0.559. The van der Waals surface area contributed by atoms with Crippen LogP contribution in [0.2, 0.25) is 0 Å². The van der Waals surface area contributed by atoms with Crippen LogP contribution in [0.1, 0.15) is 10.4 Å². The van der Waals surface area contributed by atoms with Crippen LogP contribution in [-0.4, -0.2) is 33.0 Å². The van der Waals surface area contributed by atoms with E-state index in [1.165, 1.54) is 0 Å². The summed E-state index contributed by atoms with van der Waals surface area (Å²) in [5, 5.41) is 8.06. The number of thioether (sulfide) groups is 1. The third-order valence-electron chi connectivity index (χ3n) is 3.15. The summed E-state index contributed by atoms with van der Waals surface area (Å²) in [7, 11) is 0. The van der Waals surface area contributed by atoms with Crippen molar-refractivity contribution in [1.29, 1.82) is 0 Å². The topological polar surface area (TPSA) is 59.8 Å². The average Bonchev–Trinajstić information content (AvgIpc) is 3.14. The normalized spacial score (nSPS) is 10.4. The van der Waals surface area contributed by atoms with Gasteiger partial charge < -0.3 is 5.32 Å². The minimum absolute atomic E-state index is 0.0828. The van der Waals surface area contributed by atoms with Gasteiger partial charge in [0.05, 0.1) is 10.7 Å². The number of carbonyl (C=O) groups excluding carboxylic acids is 1. The molecule has 0 fully saturated rings. The van der Waals surface area contributed by atoms with Crippen molar-refractivity contribution in [3.05, 3.63) is 72.7 Å². The molecule has 0 saturated heterocycles. The molecule has 1 aromatic carbocycles. The zero-order valence-electron chi connectivity index (χ0n) is 12.4. The molecule has 0 aliphatic rings. The number of nitrogens with one attached hydrogen (secondary N) is 1. The summed E-state index contributed by atoms with van der Waals surface area (Å²) in [5.74, 6) is 0.697. The highest BCUT2D eigenvalue weighted by Gasteiger charge is 2.06. The van der Waals surface area contributed by atoms with Gasteiger partial charge in [-0.15, -0.1) is 11.8 Å². The van der Waals surface area contributed by atoms with Gasteiger partial charge in [0.15, 0.2) is 0 Å². The number of hydrogen-bond donors (Lipinski definition) is 1. The lowest BCUT2D eigenvalue weighted by molar-refractivity contribution is 0.0956. The van der Waals surface area contributed by atoms with Crippen molar-refractivity contribution in [2.75, 3.05) is 12.3 Å². The van der Waals surface area contributed by atoms with Gasteiger partial charge in [0.25, 0.3) is 5.91 Å². The van der Waals surface area contributed by atoms with E-state index in [4.69, 9.17) is 0 Å². The number of hydrogen-bond acceptors (Lipinski definition) is 4. The summed E-state index contributed by atoms with van der Waals surface area (Å²) in [6.07, 6.45) is 5.32. The number of aromatic nitrogens is 3. The van der Waals surface area contributed by atoms with Crippen molar-refractivity contribution >= 4 is 17.7 Å². The highest BCUT2D eigenvalue weighted by atomic mass is 32.2. The van der Waals surface area contributed by atoms with Crippen LogP contribution < -0.4 is 5.32 Å². The fourth-order valence-corrected chi connectivity index (χ4v) is 2.79. The predicted molar refractivity (Wildman–Crippen MR) is 90.9 cm³/mol. The SMILES string of the molecule is O=C(NCCSc1ccccn1)c1cccc(-n2cccn2)c1. The maximum atomic E-state index is 12.2. The Bertz CT molecular complexity index is 759. The van der Waals surface area contributed by atoms with Gasteiger partial charge >= 0.3 is 0 Å². The largest absolute Gasteiger partial charge is 0.351 e. The van der Waals surface area contributed by atoms with E-state index in [0.29, 0.717) is 12.1 Å². The Labute approximate surface area is 138 Å². The van der Waals surface area contributed by atoms with Crippen LogP contribution >= 0.6 is 11.8 Å². The Kier molecular flexibility index (Phi) is 5.06. The lowest BCUT2D eigenvalue weighted by Gasteiger charge is -2.07. The molecule has 5 nitrogen and oxygen atoms in total. The monoisotopic (exact) mass is 324 g/mol. The zero-order chi connectivity index (χ0) is 15.9. The van der Waals surface area contributed by atoms with Gasteiger partial charge in [-0.2, -0.15) is 5.10 Å². The van der Waals surface area contributed by atoms with E-state index in [-0.39, 0.29) is 5.91 Å². The Morgan fingerprint density at radius 1 is 1.13 bits per heavy atom. The van der Waals surface area contributed by atoms with Gasteiger partial charge in [0.1, 0.15) is 0 Å². The molecule has 2 heterocycles. The third kappa shape index (κ3) is 4.20. The maximum Gasteiger partial charge on any atom is 0.251 e. The lowest BCUT2D eigenvalue weighted by Crippen LogP contribution is -2.25. The summed E-state index contributed by atoms with van der Waals surface area (Å²) in [4.78, 5) is 16.4. The molecule has 0 spiro atoms. The van der Waals surface area contributed by atoms with E-state index in [0.717, 1.165) is 16.5 Å². The fraction of sp³-hybridized carbons (Fsp3) is 0.118. The van der Waals surface area contributed by atoms with Crippen LogP contribution in [0.4, 0.5) is 0 Å². The number of pyridine rings is 1. The van der Waals surface area contributed by atoms with Crippen molar-refractivity contribution in [3.8, 4) is 5.69 Å². The van der Waals surface area contributed by atoms with Crippen molar-refractivity contribution in [1.82, 2.24) is 20.1 Å². The van der Waals surface area contributed by atoms with Crippen molar-refractivity contribution < 1.29 is 4.79 Å². The smallest absolute Gasteiger partial charge is 0.251 e. The third-order valence-corrected chi connectivity index (χ3v) is 4.10. The zero-order valence-corrected chi connectivity index (χ0v) is 13.2. The molecule has 0 atom stereocenters. The molecule has 0 radical (unpaired) electrons. The van der Waals surface area contributed by atoms with Crippen LogP contribution in [0.15, 0.2) is 72.1 Å². The first kappa shape index (κ1) is 15.3. The molecule has 0 bridgehead atoms. The molecule has 0 aliphatic heterocycles. The van der Waals surface area contributed by atoms with Crippen LogP contribution in [0.5, 0.6) is 0 Å². The molecule has 3 aromatic rings. The first-order valence-electron chi connectivity index (χ1n) is 7.25. The van der Waals surface area contributed by atoms with Gasteiger partial charge in [0.2, 0.25) is 0 Å². The average molecular weight is 324 g/mol. The van der Waals surface area contributed by atoms with Crippen molar-refractivity contribution in [2.45, 2.75) is 5.03 Å². The standard InChI is InChI=1S/C17H16N4OS/c22-17(19-10-12-23-16-7-1-2-8-18-16)14-5-3-6-15(13-14)21-11-4-9-20-21/h1-9,11,13H,10,12H2,(H,19,22). The Hall–Kier alpha value is -2.60. The second kappa shape index (κ2) is 7.60. The van der Waals surface area contributed by atoms with E-state index >= 15 is 0 Å². The van der Waals surface area contributed by atoms with Gasteiger partial charge in [0, 0.05) is 36.5 Å². The summed E-state index contributed by atoms with van der Waals surface area (Å²) < 4.78 is 1.73. The molecule has 6 heteroatoms. The van der Waals surface area contributed by atoms with Crippen molar-refractivity contribution in [2.24, 2.45) is 0 Å². The van der Waals surface area contributed by atoms with Gasteiger partial charge in [-0.05, 0) is 36.4 Å². The molecule has 0 saturated carbocycles. The summed E-state index contributed by atoms with van der Waals surface area (Å²) in [6.45, 7) is 0.589. The van der Waals surface area contributed by atoms with Crippen LogP contribution in [-0.2, 0) is 0 Å². The van der Waals surface area contributed by atoms with E-state index in [9.17, 15) is 4.79 Å². The molecule has 23 heavy (non-hydrogen) atoms. The highest BCUT2D eigenvalue weighted by Crippen LogP contribution is 2.13. The van der Waals surface area contributed by atoms with Crippen molar-refractivity contribution in [3.63, 3.8) is 0 Å².